The molecule has 1 unspecified atom stereocenters. The Morgan fingerprint density at radius 2 is 2.40 bits per heavy atom. The summed E-state index contributed by atoms with van der Waals surface area (Å²) in [5, 5.41) is 4.22. The topological polar surface area (TPSA) is 53.1 Å². The summed E-state index contributed by atoms with van der Waals surface area (Å²) >= 11 is 0. The molecule has 1 heterocycles. The molecule has 0 saturated heterocycles. The van der Waals surface area contributed by atoms with Crippen LogP contribution in [-0.2, 0) is 17.7 Å². The lowest BCUT2D eigenvalue weighted by Gasteiger charge is -2.09. The molecule has 2 N–H and O–H groups in total. The van der Waals surface area contributed by atoms with E-state index < -0.39 is 0 Å². The van der Waals surface area contributed by atoms with E-state index in [1.54, 1.807) is 7.11 Å². The third-order valence-electron chi connectivity index (χ3n) is 2.43. The molecule has 15 heavy (non-hydrogen) atoms. The summed E-state index contributed by atoms with van der Waals surface area (Å²) in [5.41, 5.74) is 7.23. The van der Waals surface area contributed by atoms with Crippen LogP contribution in [0.2, 0.25) is 0 Å². The van der Waals surface area contributed by atoms with Crippen LogP contribution in [0.15, 0.2) is 12.4 Å². The van der Waals surface area contributed by atoms with Gasteiger partial charge in [0, 0.05) is 32.5 Å². The number of aromatic nitrogens is 2. The summed E-state index contributed by atoms with van der Waals surface area (Å²) in [7, 11) is 1.72. The number of rotatable bonds is 7. The fourth-order valence-corrected chi connectivity index (χ4v) is 1.58. The second-order valence-electron chi connectivity index (χ2n) is 3.80. The fourth-order valence-electron chi connectivity index (χ4n) is 1.58. The monoisotopic (exact) mass is 211 g/mol. The fraction of sp³-hybridized carbons (Fsp3) is 0.727. The van der Waals surface area contributed by atoms with Gasteiger partial charge in [0.2, 0.25) is 0 Å². The Kier molecular flexibility index (Phi) is 5.36. The molecule has 1 aromatic heterocycles. The molecule has 0 aromatic carbocycles. The molecule has 4 nitrogen and oxygen atoms in total. The van der Waals surface area contributed by atoms with Gasteiger partial charge in [0.15, 0.2) is 0 Å². The summed E-state index contributed by atoms with van der Waals surface area (Å²) in [5.74, 6) is 0. The maximum absolute atomic E-state index is 6.00. The Morgan fingerprint density at radius 1 is 1.60 bits per heavy atom. The van der Waals surface area contributed by atoms with Crippen molar-refractivity contribution in [3.63, 3.8) is 0 Å². The highest BCUT2D eigenvalue weighted by molar-refractivity contribution is 5.05. The standard InChI is InChI=1S/C11H21N3O/c1-3-14-9-10(8-13-14)7-11(12)5-4-6-15-2/h8-9,11H,3-7,12H2,1-2H3. The average Bonchev–Trinajstić information content (AvgIpc) is 2.66. The molecule has 0 bridgehead atoms. The number of hydrogen-bond donors (Lipinski definition) is 1. The number of aryl methyl sites for hydroxylation is 1. The molecular formula is C11H21N3O. The molecule has 1 aromatic rings. The zero-order chi connectivity index (χ0) is 11.1. The van der Waals surface area contributed by atoms with Gasteiger partial charge in [0.1, 0.15) is 0 Å². The number of nitrogens with two attached hydrogens (primary N) is 1. The highest BCUT2D eigenvalue weighted by atomic mass is 16.5. The molecule has 1 rings (SSSR count). The first-order valence-corrected chi connectivity index (χ1v) is 5.52. The maximum atomic E-state index is 6.00. The number of ether oxygens (including phenoxy) is 1. The summed E-state index contributed by atoms with van der Waals surface area (Å²) in [6.07, 6.45) is 6.91. The molecule has 86 valence electrons. The van der Waals surface area contributed by atoms with Crippen LogP contribution in [-0.4, -0.2) is 29.5 Å². The molecule has 0 fully saturated rings. The minimum atomic E-state index is 0.217. The van der Waals surface area contributed by atoms with Gasteiger partial charge >= 0.3 is 0 Å². The van der Waals surface area contributed by atoms with E-state index in [1.165, 1.54) is 5.56 Å². The zero-order valence-corrected chi connectivity index (χ0v) is 9.65. The highest BCUT2D eigenvalue weighted by Gasteiger charge is 2.05. The highest BCUT2D eigenvalue weighted by Crippen LogP contribution is 2.05. The summed E-state index contributed by atoms with van der Waals surface area (Å²) < 4.78 is 6.92. The van der Waals surface area contributed by atoms with Crippen molar-refractivity contribution in [3.8, 4) is 0 Å². The minimum Gasteiger partial charge on any atom is -0.385 e. The van der Waals surface area contributed by atoms with Crippen molar-refractivity contribution in [3.05, 3.63) is 18.0 Å². The van der Waals surface area contributed by atoms with Crippen molar-refractivity contribution < 1.29 is 4.74 Å². The van der Waals surface area contributed by atoms with Crippen LogP contribution in [0, 0.1) is 0 Å². The van der Waals surface area contributed by atoms with Crippen molar-refractivity contribution in [2.45, 2.75) is 38.8 Å². The van der Waals surface area contributed by atoms with Crippen LogP contribution >= 0.6 is 0 Å². The van der Waals surface area contributed by atoms with Crippen molar-refractivity contribution in [2.75, 3.05) is 13.7 Å². The maximum Gasteiger partial charge on any atom is 0.0522 e. The lowest BCUT2D eigenvalue weighted by atomic mass is 10.1. The van der Waals surface area contributed by atoms with Crippen LogP contribution in [0.3, 0.4) is 0 Å². The van der Waals surface area contributed by atoms with Crippen molar-refractivity contribution in [2.24, 2.45) is 5.73 Å². The van der Waals surface area contributed by atoms with Crippen molar-refractivity contribution >= 4 is 0 Å². The first-order valence-electron chi connectivity index (χ1n) is 5.52. The van der Waals surface area contributed by atoms with E-state index in [9.17, 15) is 0 Å². The second kappa shape index (κ2) is 6.58. The molecule has 0 radical (unpaired) electrons. The van der Waals surface area contributed by atoms with E-state index in [2.05, 4.69) is 18.2 Å². The van der Waals surface area contributed by atoms with Gasteiger partial charge in [-0.15, -0.1) is 0 Å². The molecule has 4 heteroatoms. The van der Waals surface area contributed by atoms with E-state index in [1.807, 2.05) is 10.9 Å². The van der Waals surface area contributed by atoms with Gasteiger partial charge in [-0.25, -0.2) is 0 Å². The molecular weight excluding hydrogens is 190 g/mol. The van der Waals surface area contributed by atoms with Crippen LogP contribution in [0.4, 0.5) is 0 Å². The molecule has 0 amide bonds. The third-order valence-corrected chi connectivity index (χ3v) is 2.43. The second-order valence-corrected chi connectivity index (χ2v) is 3.80. The van der Waals surface area contributed by atoms with E-state index in [0.29, 0.717) is 0 Å². The SMILES string of the molecule is CCn1cc(CC(N)CCCOC)cn1. The van der Waals surface area contributed by atoms with Crippen LogP contribution < -0.4 is 5.73 Å². The Hall–Kier alpha value is -0.870. The summed E-state index contributed by atoms with van der Waals surface area (Å²) in [4.78, 5) is 0. The number of nitrogens with zero attached hydrogens (tertiary/aromatic N) is 2. The number of hydrogen-bond acceptors (Lipinski definition) is 3. The molecule has 0 aliphatic carbocycles. The van der Waals surface area contributed by atoms with E-state index in [-0.39, 0.29) is 6.04 Å². The predicted molar refractivity (Wildman–Crippen MR) is 60.7 cm³/mol. The van der Waals surface area contributed by atoms with Crippen LogP contribution in [0.5, 0.6) is 0 Å². The Morgan fingerprint density at radius 3 is 3.00 bits per heavy atom. The predicted octanol–water partition coefficient (Wildman–Crippen LogP) is 1.20. The van der Waals surface area contributed by atoms with Gasteiger partial charge in [0.05, 0.1) is 6.20 Å². The molecule has 0 saturated carbocycles. The van der Waals surface area contributed by atoms with Gasteiger partial charge < -0.3 is 10.5 Å². The smallest absolute Gasteiger partial charge is 0.0522 e. The molecule has 0 spiro atoms. The Bertz CT molecular complexity index is 273. The Labute approximate surface area is 91.4 Å². The van der Waals surface area contributed by atoms with Gasteiger partial charge in [0.25, 0.3) is 0 Å². The minimum absolute atomic E-state index is 0.217. The first-order chi connectivity index (χ1) is 7.26. The van der Waals surface area contributed by atoms with Gasteiger partial charge in [-0.3, -0.25) is 4.68 Å². The van der Waals surface area contributed by atoms with Gasteiger partial charge in [-0.2, -0.15) is 5.10 Å². The van der Waals surface area contributed by atoms with E-state index >= 15 is 0 Å². The van der Waals surface area contributed by atoms with Crippen LogP contribution in [0.1, 0.15) is 25.3 Å². The zero-order valence-electron chi connectivity index (χ0n) is 9.65. The molecule has 1 atom stereocenters. The lowest BCUT2D eigenvalue weighted by molar-refractivity contribution is 0.190. The number of methoxy groups -OCH3 is 1. The first kappa shape index (κ1) is 12.2. The molecule has 0 aliphatic heterocycles. The quantitative estimate of drug-likeness (QED) is 0.689. The average molecular weight is 211 g/mol. The van der Waals surface area contributed by atoms with E-state index in [4.69, 9.17) is 10.5 Å². The summed E-state index contributed by atoms with van der Waals surface area (Å²) in [6.45, 7) is 3.79. The van der Waals surface area contributed by atoms with Crippen molar-refractivity contribution in [1.29, 1.82) is 0 Å². The summed E-state index contributed by atoms with van der Waals surface area (Å²) in [6, 6.07) is 0.217. The van der Waals surface area contributed by atoms with Crippen LogP contribution in [0.25, 0.3) is 0 Å². The third kappa shape index (κ3) is 4.44. The lowest BCUT2D eigenvalue weighted by Crippen LogP contribution is -2.22. The van der Waals surface area contributed by atoms with Crippen molar-refractivity contribution in [1.82, 2.24) is 9.78 Å². The molecule has 0 aliphatic rings. The van der Waals surface area contributed by atoms with Gasteiger partial charge in [-0.05, 0) is 31.7 Å². The largest absolute Gasteiger partial charge is 0.385 e. The Balaban J connectivity index is 2.27. The van der Waals surface area contributed by atoms with Gasteiger partial charge in [-0.1, -0.05) is 0 Å². The van der Waals surface area contributed by atoms with E-state index in [0.717, 1.165) is 32.4 Å². The normalized spacial score (nSPS) is 13.0.